The quantitative estimate of drug-likeness (QED) is 0.0466. The molecule has 0 amide bonds. The molecule has 20 heteroatoms. The van der Waals surface area contributed by atoms with Crippen molar-refractivity contribution < 1.29 is 75.0 Å². The van der Waals surface area contributed by atoms with Gasteiger partial charge in [0.05, 0.1) is 119 Å². The summed E-state index contributed by atoms with van der Waals surface area (Å²) in [5.41, 5.74) is 0. The van der Waals surface area contributed by atoms with Crippen LogP contribution in [0.2, 0.25) is 0 Å². The minimum atomic E-state index is -2.91. The third-order valence-electron chi connectivity index (χ3n) is 5.54. The van der Waals surface area contributed by atoms with Crippen LogP contribution in [0.15, 0.2) is 0 Å². The van der Waals surface area contributed by atoms with Crippen LogP contribution in [0.4, 0.5) is 0 Å². The third kappa shape index (κ3) is 57.3. The highest BCUT2D eigenvalue weighted by Crippen LogP contribution is 2.42. The number of aliphatic hydroxyl groups excluding tert-OH is 1. The maximum atomic E-state index is 11.4. The van der Waals surface area contributed by atoms with E-state index in [2.05, 4.69) is 11.4 Å². The zero-order chi connectivity index (χ0) is 38.6. The normalized spacial score (nSPS) is 13.2. The highest BCUT2D eigenvalue weighted by Gasteiger charge is 2.14. The molecule has 0 aliphatic carbocycles. The van der Waals surface area contributed by atoms with Crippen LogP contribution in [0.25, 0.3) is 0 Å². The molecule has 0 bridgehead atoms. The van der Waals surface area contributed by atoms with Crippen LogP contribution < -0.4 is 0 Å². The number of ether oxygens (including phenoxy) is 9. The zero-order valence-corrected chi connectivity index (χ0v) is 35.7. The topological polar surface area (TPSA) is 174 Å². The molecule has 0 rings (SSSR count). The zero-order valence-electron chi connectivity index (χ0n) is 32.3. The van der Waals surface area contributed by atoms with Gasteiger partial charge in [-0.25, -0.2) is 0 Å². The molecule has 2 unspecified atom stereocenters. The molecule has 0 aromatic carbocycles. The second kappa shape index (κ2) is 49.6. The summed E-state index contributed by atoms with van der Waals surface area (Å²) in [5, 5.41) is 8.45. The van der Waals surface area contributed by atoms with E-state index in [4.69, 9.17) is 61.3 Å². The standard InChI is InChI=1S/C15H33O9P.C9H21O6P.C7H16OS2.CH4/c1-17-4-5-19-6-7-20-8-9-21-10-11-22-12-13-23-14-15-24-25(3,16)18-2;1-11-4-5-13-6-7-14-8-9-15-16(3,10)12-2;1-2-3-6-9-10-7-4-5-8;/h4-15H2,1-3H3;4-9H2,1-3H3;8H,2-7H2,1H3;1H4. The van der Waals surface area contributed by atoms with Crippen molar-refractivity contribution in [2.75, 3.05) is 179 Å². The van der Waals surface area contributed by atoms with Gasteiger partial charge in [0.2, 0.25) is 0 Å². The molecule has 1 N–H and O–H groups in total. The van der Waals surface area contributed by atoms with E-state index in [9.17, 15) is 9.13 Å². The molecule has 0 aliphatic rings. The number of hydrogen-bond donors (Lipinski definition) is 1. The molecular formula is C32H74O16P2S2. The van der Waals surface area contributed by atoms with Gasteiger partial charge in [-0.2, -0.15) is 0 Å². The van der Waals surface area contributed by atoms with E-state index in [0.717, 1.165) is 12.2 Å². The number of methoxy groups -OCH3 is 2. The summed E-state index contributed by atoms with van der Waals surface area (Å²) < 4.78 is 88.6. The Balaban J connectivity index is -0.000000365. The Kier molecular flexibility index (Phi) is 56.6. The van der Waals surface area contributed by atoms with Crippen molar-refractivity contribution in [1.29, 1.82) is 0 Å². The summed E-state index contributed by atoms with van der Waals surface area (Å²) in [6, 6.07) is 0. The first-order valence-corrected chi connectivity index (χ1v) is 23.6. The number of rotatable bonds is 38. The van der Waals surface area contributed by atoms with E-state index in [0.29, 0.717) is 112 Å². The van der Waals surface area contributed by atoms with E-state index < -0.39 is 15.2 Å². The summed E-state index contributed by atoms with van der Waals surface area (Å²) in [6.07, 6.45) is 3.54. The third-order valence-corrected chi connectivity index (χ3v) is 10.8. The van der Waals surface area contributed by atoms with Crippen LogP contribution in [0, 0.1) is 0 Å². The van der Waals surface area contributed by atoms with Gasteiger partial charge in [-0.1, -0.05) is 42.4 Å². The van der Waals surface area contributed by atoms with Crippen LogP contribution >= 0.6 is 36.8 Å². The van der Waals surface area contributed by atoms with Crippen molar-refractivity contribution in [3.05, 3.63) is 0 Å². The first kappa shape index (κ1) is 59.3. The smallest absolute Gasteiger partial charge is 0.327 e. The van der Waals surface area contributed by atoms with Gasteiger partial charge in [0.25, 0.3) is 0 Å². The molecule has 0 spiro atoms. The largest absolute Gasteiger partial charge is 0.396 e. The van der Waals surface area contributed by atoms with Gasteiger partial charge < -0.3 is 65.8 Å². The van der Waals surface area contributed by atoms with Crippen molar-refractivity contribution in [2.24, 2.45) is 0 Å². The molecule has 0 fully saturated rings. The summed E-state index contributed by atoms with van der Waals surface area (Å²) in [7, 11) is 3.97. The second-order valence-corrected chi connectivity index (χ2v) is 17.0. The molecule has 0 aromatic heterocycles. The first-order valence-electron chi connectivity index (χ1n) is 17.1. The molecule has 0 saturated carbocycles. The lowest BCUT2D eigenvalue weighted by molar-refractivity contribution is -0.0160. The van der Waals surface area contributed by atoms with E-state index in [-0.39, 0.29) is 20.6 Å². The van der Waals surface area contributed by atoms with Crippen molar-refractivity contribution in [1.82, 2.24) is 0 Å². The lowest BCUT2D eigenvalue weighted by Gasteiger charge is -2.11. The number of hydrogen-bond acceptors (Lipinski definition) is 18. The Morgan fingerprint density at radius 2 is 0.731 bits per heavy atom. The SMILES string of the molecule is C.CCCCSSCCCO.COCCOCCOCCOCCOCCOCCOP(C)(=O)OC.COCCOCCOCCOP(C)(=O)OC. The van der Waals surface area contributed by atoms with Crippen molar-refractivity contribution in [3.63, 3.8) is 0 Å². The molecule has 0 saturated heterocycles. The molecule has 0 radical (unpaired) electrons. The van der Waals surface area contributed by atoms with Crippen molar-refractivity contribution in [3.8, 4) is 0 Å². The van der Waals surface area contributed by atoms with Crippen LogP contribution in [0.5, 0.6) is 0 Å². The minimum absolute atomic E-state index is 0. The predicted octanol–water partition coefficient (Wildman–Crippen LogP) is 5.54. The lowest BCUT2D eigenvalue weighted by Crippen LogP contribution is -2.14. The van der Waals surface area contributed by atoms with Crippen molar-refractivity contribution in [2.45, 2.75) is 33.6 Å². The van der Waals surface area contributed by atoms with Crippen LogP contribution in [-0.4, -0.2) is 184 Å². The van der Waals surface area contributed by atoms with Gasteiger partial charge in [-0.05, 0) is 12.8 Å². The monoisotopic (exact) mass is 840 g/mol. The average molecular weight is 841 g/mol. The lowest BCUT2D eigenvalue weighted by atomic mass is 10.4. The van der Waals surface area contributed by atoms with Gasteiger partial charge >= 0.3 is 15.2 Å². The Bertz CT molecular complexity index is 743. The van der Waals surface area contributed by atoms with E-state index in [1.54, 1.807) is 14.2 Å². The first-order chi connectivity index (χ1) is 24.7. The summed E-state index contributed by atoms with van der Waals surface area (Å²) >= 11 is 0. The Morgan fingerprint density at radius 1 is 0.462 bits per heavy atom. The Labute approximate surface area is 323 Å². The van der Waals surface area contributed by atoms with E-state index in [1.165, 1.54) is 46.1 Å². The highest BCUT2D eigenvalue weighted by atomic mass is 33.1. The second-order valence-electron chi connectivity index (χ2n) is 9.92. The Hall–Kier alpha value is 0.600. The Morgan fingerprint density at radius 3 is 0.981 bits per heavy atom. The maximum Gasteiger partial charge on any atom is 0.327 e. The predicted molar refractivity (Wildman–Crippen MR) is 211 cm³/mol. The minimum Gasteiger partial charge on any atom is -0.396 e. The number of aliphatic hydroxyl groups is 1. The van der Waals surface area contributed by atoms with Crippen LogP contribution in [-0.2, 0) is 69.9 Å². The average Bonchev–Trinajstić information content (AvgIpc) is 3.12. The molecule has 52 heavy (non-hydrogen) atoms. The molecule has 0 aromatic rings. The number of unbranched alkanes of at least 4 members (excludes halogenated alkanes) is 1. The molecule has 0 heterocycles. The summed E-state index contributed by atoms with van der Waals surface area (Å²) in [4.78, 5) is 0. The van der Waals surface area contributed by atoms with Gasteiger partial charge in [-0.3, -0.25) is 9.13 Å². The summed E-state index contributed by atoms with van der Waals surface area (Å²) in [6.45, 7) is 13.9. The molecule has 16 nitrogen and oxygen atoms in total. The summed E-state index contributed by atoms with van der Waals surface area (Å²) in [5.74, 6) is 2.34. The maximum absolute atomic E-state index is 11.4. The van der Waals surface area contributed by atoms with Crippen LogP contribution in [0.1, 0.15) is 33.6 Å². The molecule has 2 atom stereocenters. The van der Waals surface area contributed by atoms with Crippen molar-refractivity contribution >= 4 is 36.8 Å². The van der Waals surface area contributed by atoms with E-state index in [1.807, 2.05) is 21.6 Å². The highest BCUT2D eigenvalue weighted by molar-refractivity contribution is 8.76. The molecular weight excluding hydrogens is 766 g/mol. The van der Waals surface area contributed by atoms with Gasteiger partial charge in [0, 0.05) is 59.9 Å². The van der Waals surface area contributed by atoms with E-state index >= 15 is 0 Å². The van der Waals surface area contributed by atoms with Crippen LogP contribution in [0.3, 0.4) is 0 Å². The fourth-order valence-corrected chi connectivity index (χ4v) is 5.99. The molecule has 320 valence electrons. The fraction of sp³-hybridized carbons (Fsp3) is 1.00. The van der Waals surface area contributed by atoms with Gasteiger partial charge in [0.15, 0.2) is 0 Å². The van der Waals surface area contributed by atoms with Gasteiger partial charge in [-0.15, -0.1) is 0 Å². The fourth-order valence-electron chi connectivity index (χ4n) is 2.66. The molecule has 0 aliphatic heterocycles. The van der Waals surface area contributed by atoms with Gasteiger partial charge in [0.1, 0.15) is 0 Å².